The summed E-state index contributed by atoms with van der Waals surface area (Å²) in [5.41, 5.74) is 0.917. The van der Waals surface area contributed by atoms with Crippen LogP contribution in [0.4, 0.5) is 0 Å². The number of amides is 1. The monoisotopic (exact) mass is 324 g/mol. The van der Waals surface area contributed by atoms with Gasteiger partial charge in [0, 0.05) is 17.6 Å². The summed E-state index contributed by atoms with van der Waals surface area (Å²) in [6, 6.07) is 6.51. The van der Waals surface area contributed by atoms with Gasteiger partial charge in [-0.3, -0.25) is 4.79 Å². The highest BCUT2D eigenvalue weighted by Crippen LogP contribution is 2.23. The summed E-state index contributed by atoms with van der Waals surface area (Å²) in [5, 5.41) is 13.6. The first kappa shape index (κ1) is 13.6. The molecule has 1 aromatic carbocycles. The first-order valence-electron chi connectivity index (χ1n) is 5.63. The molecular formula is C13H13BrN2O3. The van der Waals surface area contributed by atoms with Crippen LogP contribution in [0.5, 0.6) is 5.75 Å². The molecule has 0 aliphatic carbocycles. The van der Waals surface area contributed by atoms with Crippen molar-refractivity contribution in [3.05, 3.63) is 45.8 Å². The number of phenolic OH excluding ortho intramolecular Hbond substituents is 1. The Morgan fingerprint density at radius 1 is 1.47 bits per heavy atom. The van der Waals surface area contributed by atoms with E-state index in [9.17, 15) is 9.90 Å². The molecule has 0 fully saturated rings. The number of aromatic hydroxyl groups is 1. The fourth-order valence-electron chi connectivity index (χ4n) is 1.69. The van der Waals surface area contributed by atoms with E-state index in [1.54, 1.807) is 32.2 Å². The topological polar surface area (TPSA) is 66.6 Å². The minimum atomic E-state index is -0.278. The molecule has 0 spiro atoms. The minimum Gasteiger partial charge on any atom is -0.507 e. The van der Waals surface area contributed by atoms with Gasteiger partial charge in [-0.1, -0.05) is 21.1 Å². The molecule has 5 nitrogen and oxygen atoms in total. The predicted molar refractivity (Wildman–Crippen MR) is 72.8 cm³/mol. The first-order chi connectivity index (χ1) is 8.97. The van der Waals surface area contributed by atoms with E-state index < -0.39 is 0 Å². The van der Waals surface area contributed by atoms with Crippen molar-refractivity contribution in [3.63, 3.8) is 0 Å². The van der Waals surface area contributed by atoms with E-state index in [0.29, 0.717) is 18.0 Å². The van der Waals surface area contributed by atoms with E-state index in [0.717, 1.165) is 4.47 Å². The maximum Gasteiger partial charge on any atom is 0.257 e. The van der Waals surface area contributed by atoms with E-state index in [4.69, 9.17) is 4.52 Å². The van der Waals surface area contributed by atoms with E-state index in [1.165, 1.54) is 11.0 Å². The zero-order valence-electron chi connectivity index (χ0n) is 10.6. The zero-order valence-corrected chi connectivity index (χ0v) is 12.1. The third-order valence-corrected chi connectivity index (χ3v) is 3.10. The third kappa shape index (κ3) is 3.14. The number of hydrogen-bond donors (Lipinski definition) is 1. The Kier molecular flexibility index (Phi) is 3.90. The van der Waals surface area contributed by atoms with Gasteiger partial charge in [0.25, 0.3) is 5.91 Å². The highest BCUT2D eigenvalue weighted by molar-refractivity contribution is 9.10. The smallest absolute Gasteiger partial charge is 0.257 e. The van der Waals surface area contributed by atoms with Crippen LogP contribution in [0.15, 0.2) is 33.3 Å². The summed E-state index contributed by atoms with van der Waals surface area (Å²) >= 11 is 3.27. The molecule has 1 amide bonds. The van der Waals surface area contributed by atoms with Gasteiger partial charge in [-0.05, 0) is 25.1 Å². The van der Waals surface area contributed by atoms with Crippen LogP contribution in [0.3, 0.4) is 0 Å². The van der Waals surface area contributed by atoms with Gasteiger partial charge in [0.1, 0.15) is 17.2 Å². The Balaban J connectivity index is 2.16. The molecule has 0 atom stereocenters. The molecule has 0 bridgehead atoms. The van der Waals surface area contributed by atoms with Crippen LogP contribution >= 0.6 is 15.9 Å². The number of nitrogens with zero attached hydrogens (tertiary/aromatic N) is 2. The Morgan fingerprint density at radius 3 is 2.84 bits per heavy atom. The van der Waals surface area contributed by atoms with Crippen molar-refractivity contribution in [3.8, 4) is 5.75 Å². The SMILES string of the molecule is Cc1cc(CN(C)C(=O)c2cc(Br)ccc2O)no1. The van der Waals surface area contributed by atoms with Crippen molar-refractivity contribution in [1.29, 1.82) is 0 Å². The number of hydrogen-bond acceptors (Lipinski definition) is 4. The van der Waals surface area contributed by atoms with Gasteiger partial charge in [0.05, 0.1) is 12.1 Å². The summed E-state index contributed by atoms with van der Waals surface area (Å²) in [7, 11) is 1.65. The Bertz CT molecular complexity index is 610. The second kappa shape index (κ2) is 5.44. The average molecular weight is 325 g/mol. The lowest BCUT2D eigenvalue weighted by molar-refractivity contribution is 0.0779. The van der Waals surface area contributed by atoms with Crippen LogP contribution in [-0.4, -0.2) is 28.1 Å². The number of aromatic nitrogens is 1. The molecular weight excluding hydrogens is 312 g/mol. The van der Waals surface area contributed by atoms with Crippen molar-refractivity contribution in [1.82, 2.24) is 10.1 Å². The molecule has 2 rings (SSSR count). The van der Waals surface area contributed by atoms with Gasteiger partial charge in [-0.25, -0.2) is 0 Å². The second-order valence-electron chi connectivity index (χ2n) is 4.25. The largest absolute Gasteiger partial charge is 0.507 e. The van der Waals surface area contributed by atoms with Crippen LogP contribution in [0.2, 0.25) is 0 Å². The fraction of sp³-hybridized carbons (Fsp3) is 0.231. The molecule has 0 unspecified atom stereocenters. The predicted octanol–water partition coefficient (Wildman–Crippen LogP) is 2.72. The maximum atomic E-state index is 12.2. The lowest BCUT2D eigenvalue weighted by Gasteiger charge is -2.16. The Labute approximate surface area is 118 Å². The summed E-state index contributed by atoms with van der Waals surface area (Å²) in [5.74, 6) is 0.372. The number of benzene rings is 1. The number of rotatable bonds is 3. The van der Waals surface area contributed by atoms with Gasteiger partial charge in [-0.2, -0.15) is 0 Å². The lowest BCUT2D eigenvalue weighted by atomic mass is 10.1. The number of carbonyl (C=O) groups excluding carboxylic acids is 1. The van der Waals surface area contributed by atoms with E-state index >= 15 is 0 Å². The molecule has 1 heterocycles. The molecule has 6 heteroatoms. The van der Waals surface area contributed by atoms with Crippen molar-refractivity contribution < 1.29 is 14.4 Å². The van der Waals surface area contributed by atoms with Crippen molar-refractivity contribution >= 4 is 21.8 Å². The Hall–Kier alpha value is -1.82. The highest BCUT2D eigenvalue weighted by atomic mass is 79.9. The van der Waals surface area contributed by atoms with Crippen molar-refractivity contribution in [2.24, 2.45) is 0 Å². The second-order valence-corrected chi connectivity index (χ2v) is 5.17. The van der Waals surface area contributed by atoms with Gasteiger partial charge in [0.2, 0.25) is 0 Å². The molecule has 0 saturated carbocycles. The number of phenols is 1. The van der Waals surface area contributed by atoms with Crippen LogP contribution in [0, 0.1) is 6.92 Å². The molecule has 0 aliphatic heterocycles. The zero-order chi connectivity index (χ0) is 14.0. The van der Waals surface area contributed by atoms with E-state index in [-0.39, 0.29) is 17.2 Å². The molecule has 2 aromatic rings. The van der Waals surface area contributed by atoms with Crippen LogP contribution < -0.4 is 0 Å². The van der Waals surface area contributed by atoms with E-state index in [2.05, 4.69) is 21.1 Å². The lowest BCUT2D eigenvalue weighted by Crippen LogP contribution is -2.26. The molecule has 0 saturated heterocycles. The summed E-state index contributed by atoms with van der Waals surface area (Å²) in [6.07, 6.45) is 0. The molecule has 0 radical (unpaired) electrons. The first-order valence-corrected chi connectivity index (χ1v) is 6.43. The quantitative estimate of drug-likeness (QED) is 0.942. The summed E-state index contributed by atoms with van der Waals surface area (Å²) in [4.78, 5) is 13.7. The normalized spacial score (nSPS) is 10.5. The van der Waals surface area contributed by atoms with Gasteiger partial charge < -0.3 is 14.5 Å². The maximum absolute atomic E-state index is 12.2. The summed E-state index contributed by atoms with van der Waals surface area (Å²) < 4.78 is 5.68. The number of carbonyl (C=O) groups is 1. The number of aryl methyl sites for hydroxylation is 1. The van der Waals surface area contributed by atoms with Crippen LogP contribution in [-0.2, 0) is 6.54 Å². The average Bonchev–Trinajstić information content (AvgIpc) is 2.77. The van der Waals surface area contributed by atoms with Gasteiger partial charge in [0.15, 0.2) is 0 Å². The molecule has 100 valence electrons. The van der Waals surface area contributed by atoms with Crippen molar-refractivity contribution in [2.75, 3.05) is 7.05 Å². The molecule has 1 aromatic heterocycles. The fourth-order valence-corrected chi connectivity index (χ4v) is 2.05. The third-order valence-electron chi connectivity index (χ3n) is 2.61. The minimum absolute atomic E-state index is 0.0450. The van der Waals surface area contributed by atoms with Crippen LogP contribution in [0.1, 0.15) is 21.8 Å². The molecule has 0 aliphatic rings. The van der Waals surface area contributed by atoms with Gasteiger partial charge in [-0.15, -0.1) is 0 Å². The Morgan fingerprint density at radius 2 is 2.21 bits per heavy atom. The highest BCUT2D eigenvalue weighted by Gasteiger charge is 2.17. The van der Waals surface area contributed by atoms with Crippen LogP contribution in [0.25, 0.3) is 0 Å². The van der Waals surface area contributed by atoms with E-state index in [1.807, 2.05) is 0 Å². The number of halogens is 1. The standard InChI is InChI=1S/C13H13BrN2O3/c1-8-5-10(15-19-8)7-16(2)13(18)11-6-9(14)3-4-12(11)17/h3-6,17H,7H2,1-2H3. The van der Waals surface area contributed by atoms with Gasteiger partial charge >= 0.3 is 0 Å². The summed E-state index contributed by atoms with van der Waals surface area (Å²) in [6.45, 7) is 2.11. The van der Waals surface area contributed by atoms with Crippen molar-refractivity contribution in [2.45, 2.75) is 13.5 Å². The molecule has 1 N–H and O–H groups in total. The molecule has 19 heavy (non-hydrogen) atoms.